The van der Waals surface area contributed by atoms with Gasteiger partial charge in [-0.1, -0.05) is 24.3 Å². The molecule has 0 atom stereocenters. The molecule has 3 aromatic rings. The molecule has 0 aromatic heterocycles. The summed E-state index contributed by atoms with van der Waals surface area (Å²) in [5.41, 5.74) is 0.0999. The van der Waals surface area contributed by atoms with Crippen LogP contribution >= 0.6 is 0 Å². The molecule has 0 spiro atoms. The maximum absolute atomic E-state index is 12.5. The molecular weight excluding hydrogens is 466 g/mol. The van der Waals surface area contributed by atoms with Gasteiger partial charge in [0.2, 0.25) is 0 Å². The van der Waals surface area contributed by atoms with E-state index in [0.717, 1.165) is 6.07 Å². The Balaban J connectivity index is 1.62. The number of nitrogens with one attached hydrogen (secondary N) is 2. The number of esters is 1. The molecule has 176 valence electrons. The summed E-state index contributed by atoms with van der Waals surface area (Å²) in [4.78, 5) is 34.8. The number of hydrogen-bond acceptors (Lipinski definition) is 8. The molecule has 34 heavy (non-hydrogen) atoms. The third kappa shape index (κ3) is 6.07. The van der Waals surface area contributed by atoms with Crippen LogP contribution < -0.4 is 14.8 Å². The molecule has 1 amide bonds. The number of rotatable bonds is 9. The highest BCUT2D eigenvalue weighted by Crippen LogP contribution is 2.29. The number of nitro benzene ring substituents is 1. The summed E-state index contributed by atoms with van der Waals surface area (Å²) in [5.74, 6) is -1.50. The fourth-order valence-electron chi connectivity index (χ4n) is 2.82. The number of amides is 1. The summed E-state index contributed by atoms with van der Waals surface area (Å²) < 4.78 is 37.3. The van der Waals surface area contributed by atoms with Crippen molar-refractivity contribution in [3.63, 3.8) is 0 Å². The Kier molecular flexibility index (Phi) is 7.43. The first-order chi connectivity index (χ1) is 16.2. The monoisotopic (exact) mass is 485 g/mol. The van der Waals surface area contributed by atoms with Crippen LogP contribution in [0.15, 0.2) is 77.7 Å². The van der Waals surface area contributed by atoms with Gasteiger partial charge in [0.1, 0.15) is 5.75 Å². The molecule has 0 aliphatic carbocycles. The number of sulfonamides is 1. The smallest absolute Gasteiger partial charge is 0.338 e. The number of carbonyl (C=O) groups excluding carboxylic acids is 2. The van der Waals surface area contributed by atoms with Crippen LogP contribution in [0.5, 0.6) is 5.75 Å². The van der Waals surface area contributed by atoms with Crippen LogP contribution in [0.2, 0.25) is 0 Å². The number of methoxy groups -OCH3 is 1. The van der Waals surface area contributed by atoms with Crippen LogP contribution in [-0.2, 0) is 19.6 Å². The molecule has 0 heterocycles. The number of nitrogens with zero attached hydrogens (tertiary/aromatic N) is 1. The molecule has 0 bridgehead atoms. The highest BCUT2D eigenvalue weighted by Gasteiger charge is 2.17. The van der Waals surface area contributed by atoms with Gasteiger partial charge in [0, 0.05) is 11.8 Å². The van der Waals surface area contributed by atoms with E-state index >= 15 is 0 Å². The Hall–Kier alpha value is -4.45. The number of anilines is 2. The van der Waals surface area contributed by atoms with Gasteiger partial charge < -0.3 is 14.8 Å². The minimum atomic E-state index is -3.85. The van der Waals surface area contributed by atoms with E-state index in [4.69, 9.17) is 9.47 Å². The molecule has 0 saturated carbocycles. The molecule has 3 aromatic carbocycles. The molecular formula is C22H19N3O8S. The number of benzene rings is 3. The second-order valence-electron chi connectivity index (χ2n) is 6.77. The van der Waals surface area contributed by atoms with Crippen LogP contribution in [0.3, 0.4) is 0 Å². The van der Waals surface area contributed by atoms with E-state index in [1.54, 1.807) is 18.2 Å². The summed E-state index contributed by atoms with van der Waals surface area (Å²) in [6.07, 6.45) is 0. The van der Waals surface area contributed by atoms with E-state index in [-0.39, 0.29) is 33.3 Å². The van der Waals surface area contributed by atoms with E-state index in [2.05, 4.69) is 10.0 Å². The van der Waals surface area contributed by atoms with E-state index in [9.17, 15) is 28.1 Å². The predicted molar refractivity (Wildman–Crippen MR) is 122 cm³/mol. The van der Waals surface area contributed by atoms with Gasteiger partial charge >= 0.3 is 5.97 Å². The number of non-ortho nitro benzene ring substituents is 1. The van der Waals surface area contributed by atoms with Crippen molar-refractivity contribution in [1.82, 2.24) is 0 Å². The van der Waals surface area contributed by atoms with Crippen molar-refractivity contribution in [1.29, 1.82) is 0 Å². The van der Waals surface area contributed by atoms with Gasteiger partial charge in [-0.25, -0.2) is 13.2 Å². The van der Waals surface area contributed by atoms with E-state index < -0.39 is 33.4 Å². The van der Waals surface area contributed by atoms with E-state index in [1.807, 2.05) is 0 Å². The summed E-state index contributed by atoms with van der Waals surface area (Å²) in [6.45, 7) is -0.654. The van der Waals surface area contributed by atoms with Crippen LogP contribution in [0, 0.1) is 10.1 Å². The molecule has 11 nitrogen and oxygen atoms in total. The van der Waals surface area contributed by atoms with Crippen molar-refractivity contribution < 1.29 is 32.4 Å². The van der Waals surface area contributed by atoms with Crippen molar-refractivity contribution in [2.75, 3.05) is 23.8 Å². The van der Waals surface area contributed by atoms with Crippen molar-refractivity contribution in [2.45, 2.75) is 4.90 Å². The lowest BCUT2D eigenvalue weighted by Gasteiger charge is -2.11. The first-order valence-electron chi connectivity index (χ1n) is 9.67. The Labute approximate surface area is 194 Å². The normalized spacial score (nSPS) is 10.7. The molecule has 0 aliphatic rings. The van der Waals surface area contributed by atoms with Crippen LogP contribution in [0.1, 0.15) is 10.4 Å². The number of ether oxygens (including phenoxy) is 2. The fraction of sp³-hybridized carbons (Fsp3) is 0.0909. The maximum Gasteiger partial charge on any atom is 0.338 e. The third-order valence-electron chi connectivity index (χ3n) is 4.41. The molecule has 12 heteroatoms. The van der Waals surface area contributed by atoms with Crippen molar-refractivity contribution in [3.05, 3.63) is 88.5 Å². The highest BCUT2D eigenvalue weighted by atomic mass is 32.2. The van der Waals surface area contributed by atoms with Crippen molar-refractivity contribution in [2.24, 2.45) is 0 Å². The van der Waals surface area contributed by atoms with Gasteiger partial charge in [0.25, 0.3) is 21.6 Å². The van der Waals surface area contributed by atoms with Gasteiger partial charge in [0.05, 0.1) is 34.2 Å². The lowest BCUT2D eigenvalue weighted by atomic mass is 10.2. The second kappa shape index (κ2) is 10.4. The predicted octanol–water partition coefficient (Wildman–Crippen LogP) is 3.20. The van der Waals surface area contributed by atoms with Crippen LogP contribution in [0.4, 0.5) is 17.1 Å². The zero-order valence-electron chi connectivity index (χ0n) is 17.8. The van der Waals surface area contributed by atoms with Gasteiger partial charge in [0.15, 0.2) is 6.61 Å². The zero-order valence-corrected chi connectivity index (χ0v) is 18.6. The SMILES string of the molecule is COc1cc([N+](=O)[O-])ccc1NC(=O)COC(=O)c1cccc(NS(=O)(=O)c2ccccc2)c1. The first-order valence-corrected chi connectivity index (χ1v) is 11.2. The standard InChI is InChI=1S/C22H19N3O8S/c1-32-20-13-17(25(28)29)10-11-19(20)23-21(26)14-33-22(27)15-6-5-7-16(12-15)24-34(30,31)18-8-3-2-4-9-18/h2-13,24H,14H2,1H3,(H,23,26). The molecule has 0 saturated heterocycles. The maximum atomic E-state index is 12.5. The van der Waals surface area contributed by atoms with Crippen LogP contribution in [0.25, 0.3) is 0 Å². The van der Waals surface area contributed by atoms with Gasteiger partial charge in [-0.2, -0.15) is 0 Å². The van der Waals surface area contributed by atoms with Gasteiger partial charge in [-0.15, -0.1) is 0 Å². The topological polar surface area (TPSA) is 154 Å². The quantitative estimate of drug-likeness (QED) is 0.266. The number of carbonyl (C=O) groups is 2. The third-order valence-corrected chi connectivity index (χ3v) is 5.81. The van der Waals surface area contributed by atoms with Gasteiger partial charge in [-0.3, -0.25) is 19.6 Å². The highest BCUT2D eigenvalue weighted by molar-refractivity contribution is 7.92. The summed E-state index contributed by atoms with van der Waals surface area (Å²) in [6, 6.07) is 16.9. The summed E-state index contributed by atoms with van der Waals surface area (Å²) >= 11 is 0. The Morgan fingerprint density at radius 2 is 1.74 bits per heavy atom. The first kappa shape index (κ1) is 24.2. The second-order valence-corrected chi connectivity index (χ2v) is 8.45. The molecule has 0 radical (unpaired) electrons. The minimum absolute atomic E-state index is 0.0222. The average Bonchev–Trinajstić information content (AvgIpc) is 2.83. The Bertz CT molecular complexity index is 1330. The van der Waals surface area contributed by atoms with E-state index in [1.165, 1.54) is 55.6 Å². The average molecular weight is 485 g/mol. The minimum Gasteiger partial charge on any atom is -0.494 e. The molecule has 3 rings (SSSR count). The Morgan fingerprint density at radius 3 is 2.41 bits per heavy atom. The van der Waals surface area contributed by atoms with Crippen LogP contribution in [-0.4, -0.2) is 38.9 Å². The molecule has 0 fully saturated rings. The van der Waals surface area contributed by atoms with Crippen molar-refractivity contribution in [3.8, 4) is 5.75 Å². The number of nitro groups is 1. The summed E-state index contributed by atoms with van der Waals surface area (Å²) in [7, 11) is -2.57. The summed E-state index contributed by atoms with van der Waals surface area (Å²) in [5, 5.41) is 13.3. The van der Waals surface area contributed by atoms with Crippen molar-refractivity contribution >= 4 is 39.0 Å². The lowest BCUT2D eigenvalue weighted by molar-refractivity contribution is -0.384. The Morgan fingerprint density at radius 1 is 1.00 bits per heavy atom. The molecule has 2 N–H and O–H groups in total. The molecule has 0 unspecified atom stereocenters. The lowest BCUT2D eigenvalue weighted by Crippen LogP contribution is -2.21. The van der Waals surface area contributed by atoms with Gasteiger partial charge in [-0.05, 0) is 36.4 Å². The molecule has 0 aliphatic heterocycles. The zero-order chi connectivity index (χ0) is 24.7. The fourth-order valence-corrected chi connectivity index (χ4v) is 3.89. The number of hydrogen-bond donors (Lipinski definition) is 2. The largest absolute Gasteiger partial charge is 0.494 e. The van der Waals surface area contributed by atoms with E-state index in [0.29, 0.717) is 0 Å².